The first-order valence-electron chi connectivity index (χ1n) is 18.8. The molecular formula is C35H78N6O8S2. The van der Waals surface area contributed by atoms with E-state index >= 15 is 0 Å². The number of rotatable bonds is 0. The van der Waals surface area contributed by atoms with Gasteiger partial charge in [-0.05, 0) is 25.7 Å². The number of hydrogen-bond acceptors (Lipinski definition) is 9. The Morgan fingerprint density at radius 1 is 0.608 bits per heavy atom. The van der Waals surface area contributed by atoms with E-state index in [-0.39, 0.29) is 30.5 Å². The van der Waals surface area contributed by atoms with Gasteiger partial charge in [0.1, 0.15) is 6.61 Å². The molecule has 0 aromatic carbocycles. The number of morpholine rings is 1. The van der Waals surface area contributed by atoms with Gasteiger partial charge in [0.25, 0.3) is 0 Å². The van der Waals surface area contributed by atoms with E-state index < -0.39 is 10.0 Å². The van der Waals surface area contributed by atoms with Crippen molar-refractivity contribution in [3.05, 3.63) is 0 Å². The predicted octanol–water partition coefficient (Wildman–Crippen LogP) is 5.33. The Bertz CT molecular complexity index is 841. The lowest BCUT2D eigenvalue weighted by Gasteiger charge is -2.22. The number of nitrogens with one attached hydrogen (secondary N) is 1. The van der Waals surface area contributed by atoms with Gasteiger partial charge in [-0.1, -0.05) is 69.2 Å². The van der Waals surface area contributed by atoms with Crippen LogP contribution in [0.5, 0.6) is 0 Å². The van der Waals surface area contributed by atoms with Gasteiger partial charge in [-0.25, -0.2) is 22.3 Å². The average molecular weight is 775 g/mol. The van der Waals surface area contributed by atoms with Crippen LogP contribution in [0.25, 0.3) is 0 Å². The molecule has 0 unspecified atom stereocenters. The highest BCUT2D eigenvalue weighted by Gasteiger charge is 2.21. The van der Waals surface area contributed by atoms with E-state index in [9.17, 15) is 27.6 Å². The second-order valence-electron chi connectivity index (χ2n) is 9.98. The summed E-state index contributed by atoms with van der Waals surface area (Å²) in [6.07, 6.45) is 3.67. The lowest BCUT2D eigenvalue weighted by atomic mass is 10.3. The van der Waals surface area contributed by atoms with Crippen LogP contribution in [0.3, 0.4) is 0 Å². The zero-order valence-corrected chi connectivity index (χ0v) is 36.8. The van der Waals surface area contributed by atoms with Crippen LogP contribution in [0.4, 0.5) is 9.59 Å². The Hall–Kier alpha value is -2.30. The molecule has 0 saturated carbocycles. The van der Waals surface area contributed by atoms with Crippen molar-refractivity contribution in [2.45, 2.75) is 94.9 Å². The lowest BCUT2D eigenvalue weighted by Crippen LogP contribution is -2.43. The van der Waals surface area contributed by atoms with Crippen LogP contribution in [0, 0.1) is 0 Å². The van der Waals surface area contributed by atoms with Gasteiger partial charge in [0.15, 0.2) is 0 Å². The SMILES string of the molecule is CC.CC.CC.CC.CC.CN1CCCCS1(=O)=O.CN1CCCNC1=O.CN1CCCOC1=O.CN1CCOCC1=O.CN1CCSCC1=O. The predicted molar refractivity (Wildman–Crippen MR) is 215 cm³/mol. The summed E-state index contributed by atoms with van der Waals surface area (Å²) in [7, 11) is 5.97. The quantitative estimate of drug-likeness (QED) is 0.345. The van der Waals surface area contributed by atoms with Crippen LogP contribution < -0.4 is 5.32 Å². The minimum absolute atomic E-state index is 0.0521. The third kappa shape index (κ3) is 32.1. The summed E-state index contributed by atoms with van der Waals surface area (Å²) in [5.74, 6) is 2.46. The molecule has 0 aliphatic carbocycles. The van der Waals surface area contributed by atoms with Gasteiger partial charge >= 0.3 is 12.1 Å². The molecule has 308 valence electrons. The summed E-state index contributed by atoms with van der Waals surface area (Å²) >= 11 is 1.72. The second kappa shape index (κ2) is 40.5. The van der Waals surface area contributed by atoms with Crippen LogP contribution in [-0.2, 0) is 29.1 Å². The summed E-state index contributed by atoms with van der Waals surface area (Å²) < 4.78 is 32.8. The third-order valence-electron chi connectivity index (χ3n) is 6.51. The molecular weight excluding hydrogens is 697 g/mol. The summed E-state index contributed by atoms with van der Waals surface area (Å²) in [4.78, 5) is 49.1. The number of amides is 5. The van der Waals surface area contributed by atoms with Crippen molar-refractivity contribution in [1.82, 2.24) is 29.2 Å². The van der Waals surface area contributed by atoms with Crippen LogP contribution in [0.15, 0.2) is 0 Å². The smallest absolute Gasteiger partial charge is 0.409 e. The van der Waals surface area contributed by atoms with Crippen molar-refractivity contribution in [3.63, 3.8) is 0 Å². The maximum atomic E-state index is 10.9. The molecule has 0 aromatic rings. The monoisotopic (exact) mass is 775 g/mol. The summed E-state index contributed by atoms with van der Waals surface area (Å²) in [6.45, 7) is 26.4. The minimum Gasteiger partial charge on any atom is -0.449 e. The van der Waals surface area contributed by atoms with Gasteiger partial charge in [0.05, 0.1) is 24.7 Å². The molecule has 1 N–H and O–H groups in total. The van der Waals surface area contributed by atoms with E-state index in [1.165, 1.54) is 4.31 Å². The molecule has 5 amide bonds. The van der Waals surface area contributed by atoms with Gasteiger partial charge in [0, 0.05) is 80.3 Å². The van der Waals surface area contributed by atoms with E-state index in [1.807, 2.05) is 76.3 Å². The number of likely N-dealkylation sites (N-methyl/N-ethyl adjacent to an activating group) is 1. The number of ether oxygens (including phenoxy) is 2. The van der Waals surface area contributed by atoms with Crippen molar-refractivity contribution >= 4 is 45.7 Å². The zero-order valence-electron chi connectivity index (χ0n) is 35.1. The molecule has 16 heteroatoms. The maximum absolute atomic E-state index is 10.9. The molecule has 0 aromatic heterocycles. The maximum Gasteiger partial charge on any atom is 0.409 e. The molecule has 0 radical (unpaired) electrons. The third-order valence-corrected chi connectivity index (χ3v) is 9.37. The highest BCUT2D eigenvalue weighted by atomic mass is 32.2. The number of sulfonamides is 1. The van der Waals surface area contributed by atoms with Crippen molar-refractivity contribution in [2.24, 2.45) is 0 Å². The van der Waals surface area contributed by atoms with Crippen LogP contribution in [0.2, 0.25) is 0 Å². The molecule has 14 nitrogen and oxygen atoms in total. The molecule has 51 heavy (non-hydrogen) atoms. The van der Waals surface area contributed by atoms with E-state index in [0.717, 1.165) is 64.2 Å². The number of thioether (sulfide) groups is 1. The van der Waals surface area contributed by atoms with Crippen molar-refractivity contribution in [3.8, 4) is 0 Å². The first kappa shape index (κ1) is 58.0. The Morgan fingerprint density at radius 3 is 1.45 bits per heavy atom. The Balaban J connectivity index is -0.000000163. The average Bonchev–Trinajstić information content (AvgIpc) is 3.16. The van der Waals surface area contributed by atoms with E-state index in [1.54, 1.807) is 59.6 Å². The fourth-order valence-corrected chi connectivity index (χ4v) is 5.75. The van der Waals surface area contributed by atoms with Gasteiger partial charge < -0.3 is 34.4 Å². The molecule has 0 spiro atoms. The van der Waals surface area contributed by atoms with Crippen LogP contribution in [-0.4, -0.2) is 168 Å². The lowest BCUT2D eigenvalue weighted by molar-refractivity contribution is -0.140. The molecule has 5 fully saturated rings. The normalized spacial score (nSPS) is 18.8. The zero-order chi connectivity index (χ0) is 40.8. The van der Waals surface area contributed by atoms with Gasteiger partial charge in [-0.15, -0.1) is 0 Å². The van der Waals surface area contributed by atoms with Gasteiger partial charge in [-0.3, -0.25) is 9.59 Å². The first-order valence-corrected chi connectivity index (χ1v) is 21.6. The van der Waals surface area contributed by atoms with Gasteiger partial charge in [0.2, 0.25) is 21.8 Å². The van der Waals surface area contributed by atoms with Crippen LogP contribution >= 0.6 is 11.8 Å². The summed E-state index contributed by atoms with van der Waals surface area (Å²) in [5.41, 5.74) is 0. The highest BCUT2D eigenvalue weighted by molar-refractivity contribution is 8.00. The molecule has 5 heterocycles. The van der Waals surface area contributed by atoms with Crippen LogP contribution in [0.1, 0.15) is 94.9 Å². The Labute approximate surface area is 317 Å². The number of carbonyl (C=O) groups is 4. The minimum atomic E-state index is -2.83. The standard InChI is InChI=1S/C5H10N2O.C5H11NO2S.2C5H9NO2.C5H9NOS.5C2H6/c1-7-4-2-3-6-5(7)8;1-6-4-2-3-5-9(6,7)8;1-6-2-3-8-4-5(6)7;1-6-3-2-4-8-5(6)7;1-6-2-3-8-4-5(6)7;5*1-2/h2-4H2,1H3,(H,6,8);2-5H2,1H3;3*2-4H2,1H3;5*1-2H3. The topological polar surface area (TPSA) is 149 Å². The second-order valence-corrected chi connectivity index (χ2v) is 13.3. The molecule has 0 atom stereocenters. The van der Waals surface area contributed by atoms with Crippen molar-refractivity contribution < 1.29 is 37.1 Å². The fraction of sp³-hybridized carbons (Fsp3) is 0.886. The number of nitrogens with zero attached hydrogens (tertiary/aromatic N) is 5. The Kier molecular flexibility index (Phi) is 46.0. The summed E-state index contributed by atoms with van der Waals surface area (Å²) in [6, 6.07) is 0.0521. The van der Waals surface area contributed by atoms with E-state index in [4.69, 9.17) is 4.74 Å². The first-order chi connectivity index (χ1) is 24.3. The number of urea groups is 1. The van der Waals surface area contributed by atoms with Crippen molar-refractivity contribution in [2.75, 3.05) is 112 Å². The summed E-state index contributed by atoms with van der Waals surface area (Å²) in [5, 5.41) is 2.72. The Morgan fingerprint density at radius 2 is 1.16 bits per heavy atom. The highest BCUT2D eigenvalue weighted by Crippen LogP contribution is 2.10. The number of cyclic esters (lactones) is 1. The fourth-order valence-electron chi connectivity index (χ4n) is 3.52. The molecule has 5 saturated heterocycles. The van der Waals surface area contributed by atoms with E-state index in [2.05, 4.69) is 10.1 Å². The van der Waals surface area contributed by atoms with Crippen molar-refractivity contribution in [1.29, 1.82) is 0 Å². The van der Waals surface area contributed by atoms with Gasteiger partial charge in [-0.2, -0.15) is 11.8 Å². The number of carbonyl (C=O) groups excluding carboxylic acids is 4. The molecule has 5 aliphatic rings. The molecule has 0 bridgehead atoms. The largest absolute Gasteiger partial charge is 0.449 e. The number of hydrogen-bond donors (Lipinski definition) is 1. The molecule has 5 aliphatic heterocycles. The molecule has 5 rings (SSSR count). The van der Waals surface area contributed by atoms with E-state index in [0.29, 0.717) is 31.3 Å².